The van der Waals surface area contributed by atoms with Crippen LogP contribution in [-0.2, 0) is 16.1 Å². The second-order valence-electron chi connectivity index (χ2n) is 4.57. The second-order valence-corrected chi connectivity index (χ2v) is 4.57. The van der Waals surface area contributed by atoms with Crippen LogP contribution in [0, 0.1) is 0 Å². The molecule has 1 aliphatic heterocycles. The largest absolute Gasteiger partial charge is 0.466 e. The predicted octanol–water partition coefficient (Wildman–Crippen LogP) is 2.73. The minimum atomic E-state index is -0.218. The lowest BCUT2D eigenvalue weighted by Crippen LogP contribution is -2.20. The zero-order valence-electron chi connectivity index (χ0n) is 11.0. The minimum absolute atomic E-state index is 0.218. The van der Waals surface area contributed by atoms with E-state index < -0.39 is 0 Å². The topological polar surface area (TPSA) is 29.5 Å². The first kappa shape index (κ1) is 12.7. The molecular weight excluding hydrogens is 226 g/mol. The lowest BCUT2D eigenvalue weighted by Gasteiger charge is -2.21. The number of hydrogen-bond donors (Lipinski definition) is 0. The number of methoxy groups -OCH3 is 1. The van der Waals surface area contributed by atoms with Crippen LogP contribution in [0.25, 0.3) is 0 Å². The van der Waals surface area contributed by atoms with Crippen molar-refractivity contribution in [2.24, 2.45) is 0 Å². The number of carbonyl (C=O) groups excluding carboxylic acids is 1. The molecule has 0 N–H and O–H groups in total. The van der Waals surface area contributed by atoms with Crippen LogP contribution < -0.4 is 0 Å². The van der Waals surface area contributed by atoms with Crippen LogP contribution in [0.5, 0.6) is 0 Å². The number of allylic oxidation sites excluding steroid dienone is 1. The van der Waals surface area contributed by atoms with Gasteiger partial charge in [-0.05, 0) is 25.3 Å². The monoisotopic (exact) mass is 245 g/mol. The fourth-order valence-corrected chi connectivity index (χ4v) is 2.40. The van der Waals surface area contributed by atoms with E-state index in [0.717, 1.165) is 37.2 Å². The molecular formula is C15H19NO2. The van der Waals surface area contributed by atoms with Crippen LogP contribution in [0.3, 0.4) is 0 Å². The number of rotatable bonds is 3. The normalized spacial score (nSPS) is 17.8. The molecule has 3 heteroatoms. The van der Waals surface area contributed by atoms with Crippen molar-refractivity contribution in [3.8, 4) is 0 Å². The Balaban J connectivity index is 2.15. The number of ether oxygens (including phenoxy) is 1. The zero-order chi connectivity index (χ0) is 13.0. The summed E-state index contributed by atoms with van der Waals surface area (Å²) in [5.41, 5.74) is 3.14. The molecule has 18 heavy (non-hydrogen) atoms. The summed E-state index contributed by atoms with van der Waals surface area (Å²) in [6.45, 7) is 3.73. The Labute approximate surface area is 108 Å². The number of esters is 1. The molecule has 96 valence electrons. The number of benzene rings is 1. The van der Waals surface area contributed by atoms with Gasteiger partial charge < -0.3 is 9.64 Å². The second kappa shape index (κ2) is 5.71. The van der Waals surface area contributed by atoms with Gasteiger partial charge in [-0.25, -0.2) is 4.79 Å². The molecule has 0 spiro atoms. The van der Waals surface area contributed by atoms with Gasteiger partial charge >= 0.3 is 5.97 Å². The van der Waals surface area contributed by atoms with E-state index in [-0.39, 0.29) is 5.97 Å². The molecule has 0 aliphatic carbocycles. The molecule has 0 saturated carbocycles. The van der Waals surface area contributed by atoms with Gasteiger partial charge in [0.05, 0.1) is 12.7 Å². The molecule has 3 nitrogen and oxygen atoms in total. The van der Waals surface area contributed by atoms with Gasteiger partial charge in [-0.15, -0.1) is 0 Å². The summed E-state index contributed by atoms with van der Waals surface area (Å²) in [6.07, 6.45) is 2.07. The lowest BCUT2D eigenvalue weighted by atomic mass is 10.1. The van der Waals surface area contributed by atoms with Crippen molar-refractivity contribution in [2.45, 2.75) is 26.3 Å². The highest BCUT2D eigenvalue weighted by molar-refractivity contribution is 5.88. The van der Waals surface area contributed by atoms with E-state index in [1.807, 2.05) is 25.1 Å². The van der Waals surface area contributed by atoms with Crippen molar-refractivity contribution < 1.29 is 9.53 Å². The summed E-state index contributed by atoms with van der Waals surface area (Å²) >= 11 is 0. The van der Waals surface area contributed by atoms with Crippen molar-refractivity contribution in [2.75, 3.05) is 13.7 Å². The molecule has 1 aromatic rings. The highest BCUT2D eigenvalue weighted by atomic mass is 16.5. The smallest absolute Gasteiger partial charge is 0.335 e. The summed E-state index contributed by atoms with van der Waals surface area (Å²) < 4.78 is 4.80. The standard InChI is InChI=1S/C15H19NO2/c1-12(15(17)18-2)14-9-6-10-16(14)11-13-7-4-3-5-8-13/h3-5,7-8H,6,9-11H2,1-2H3. The molecule has 1 saturated heterocycles. The molecule has 0 bridgehead atoms. The first-order chi connectivity index (χ1) is 8.72. The maximum absolute atomic E-state index is 11.6. The van der Waals surface area contributed by atoms with Gasteiger partial charge in [0.1, 0.15) is 0 Å². The lowest BCUT2D eigenvalue weighted by molar-refractivity contribution is -0.136. The van der Waals surface area contributed by atoms with Gasteiger partial charge in [0.25, 0.3) is 0 Å². The summed E-state index contributed by atoms with van der Waals surface area (Å²) in [4.78, 5) is 13.9. The Morgan fingerprint density at radius 2 is 2.06 bits per heavy atom. The van der Waals surface area contributed by atoms with Crippen LogP contribution in [0.1, 0.15) is 25.3 Å². The van der Waals surface area contributed by atoms with E-state index in [4.69, 9.17) is 4.74 Å². The zero-order valence-corrected chi connectivity index (χ0v) is 11.0. The van der Waals surface area contributed by atoms with E-state index in [1.165, 1.54) is 12.7 Å². The maximum atomic E-state index is 11.6. The van der Waals surface area contributed by atoms with Gasteiger partial charge in [0.15, 0.2) is 0 Å². The first-order valence-electron chi connectivity index (χ1n) is 6.29. The van der Waals surface area contributed by atoms with Crippen LogP contribution in [0.15, 0.2) is 41.6 Å². The van der Waals surface area contributed by atoms with Gasteiger partial charge in [-0.2, -0.15) is 0 Å². The third-order valence-electron chi connectivity index (χ3n) is 3.36. The summed E-state index contributed by atoms with van der Waals surface area (Å²) in [7, 11) is 1.43. The molecule has 1 aromatic carbocycles. The number of likely N-dealkylation sites (tertiary alicyclic amines) is 1. The average molecular weight is 245 g/mol. The molecule has 0 radical (unpaired) electrons. The predicted molar refractivity (Wildman–Crippen MR) is 70.8 cm³/mol. The maximum Gasteiger partial charge on any atom is 0.335 e. The van der Waals surface area contributed by atoms with Crippen molar-refractivity contribution >= 4 is 5.97 Å². The summed E-state index contributed by atoms with van der Waals surface area (Å²) in [5.74, 6) is -0.218. The Kier molecular flexibility index (Phi) is 4.03. The molecule has 1 aliphatic rings. The first-order valence-corrected chi connectivity index (χ1v) is 6.29. The molecule has 0 unspecified atom stereocenters. The van der Waals surface area contributed by atoms with Crippen molar-refractivity contribution in [1.82, 2.24) is 4.90 Å². The summed E-state index contributed by atoms with van der Waals surface area (Å²) in [6, 6.07) is 10.3. The van der Waals surface area contributed by atoms with E-state index >= 15 is 0 Å². The highest BCUT2D eigenvalue weighted by Crippen LogP contribution is 2.26. The Hall–Kier alpha value is -1.77. The SMILES string of the molecule is COC(=O)C(C)=C1CCCN1Cc1ccccc1. The number of carbonyl (C=O) groups is 1. The van der Waals surface area contributed by atoms with Gasteiger partial charge in [-0.1, -0.05) is 30.3 Å². The molecule has 0 amide bonds. The van der Waals surface area contributed by atoms with Crippen LogP contribution in [0.2, 0.25) is 0 Å². The van der Waals surface area contributed by atoms with Crippen LogP contribution in [0.4, 0.5) is 0 Å². The van der Waals surface area contributed by atoms with Gasteiger partial charge in [-0.3, -0.25) is 0 Å². The third-order valence-corrected chi connectivity index (χ3v) is 3.36. The quantitative estimate of drug-likeness (QED) is 0.606. The fourth-order valence-electron chi connectivity index (χ4n) is 2.40. The molecule has 1 fully saturated rings. The van der Waals surface area contributed by atoms with E-state index in [0.29, 0.717) is 0 Å². The number of hydrogen-bond acceptors (Lipinski definition) is 3. The van der Waals surface area contributed by atoms with Crippen molar-refractivity contribution in [3.63, 3.8) is 0 Å². The molecule has 0 atom stereocenters. The highest BCUT2D eigenvalue weighted by Gasteiger charge is 2.22. The van der Waals surface area contributed by atoms with Crippen molar-refractivity contribution in [3.05, 3.63) is 47.2 Å². The number of nitrogens with zero attached hydrogens (tertiary/aromatic N) is 1. The molecule has 1 heterocycles. The van der Waals surface area contributed by atoms with Crippen LogP contribution in [-0.4, -0.2) is 24.5 Å². The molecule has 0 aromatic heterocycles. The van der Waals surface area contributed by atoms with Crippen LogP contribution >= 0.6 is 0 Å². The molecule has 2 rings (SSSR count). The Morgan fingerprint density at radius 1 is 1.33 bits per heavy atom. The third kappa shape index (κ3) is 2.73. The van der Waals surface area contributed by atoms with Crippen molar-refractivity contribution in [1.29, 1.82) is 0 Å². The van der Waals surface area contributed by atoms with E-state index in [2.05, 4.69) is 17.0 Å². The fraction of sp³-hybridized carbons (Fsp3) is 0.400. The van der Waals surface area contributed by atoms with E-state index in [9.17, 15) is 4.79 Å². The Bertz CT molecular complexity index is 451. The van der Waals surface area contributed by atoms with E-state index in [1.54, 1.807) is 0 Å². The minimum Gasteiger partial charge on any atom is -0.466 e. The van der Waals surface area contributed by atoms with Gasteiger partial charge in [0, 0.05) is 18.8 Å². The Morgan fingerprint density at radius 3 is 2.72 bits per heavy atom. The summed E-state index contributed by atoms with van der Waals surface area (Å²) in [5, 5.41) is 0. The van der Waals surface area contributed by atoms with Gasteiger partial charge in [0.2, 0.25) is 0 Å². The average Bonchev–Trinajstić information content (AvgIpc) is 2.86.